The number of hydrogen-bond acceptors (Lipinski definition) is 3. The van der Waals surface area contributed by atoms with Gasteiger partial charge in [0.1, 0.15) is 0 Å². The van der Waals surface area contributed by atoms with Crippen LogP contribution in [0.25, 0.3) is 0 Å². The van der Waals surface area contributed by atoms with Crippen LogP contribution in [0.5, 0.6) is 0 Å². The number of rotatable bonds is 4. The molecule has 1 rings (SSSR count). The minimum absolute atomic E-state index is 0.0121. The van der Waals surface area contributed by atoms with Crippen molar-refractivity contribution in [3.63, 3.8) is 0 Å². The van der Waals surface area contributed by atoms with Gasteiger partial charge in [0.25, 0.3) is 0 Å². The highest BCUT2D eigenvalue weighted by Gasteiger charge is 2.11. The van der Waals surface area contributed by atoms with Gasteiger partial charge in [0.15, 0.2) is 0 Å². The summed E-state index contributed by atoms with van der Waals surface area (Å²) >= 11 is 6.96. The smallest absolute Gasteiger partial charge is 0.215 e. The van der Waals surface area contributed by atoms with E-state index in [0.717, 1.165) is 4.88 Å². The molecule has 0 bridgehead atoms. The second-order valence-electron chi connectivity index (χ2n) is 2.46. The zero-order valence-electron chi connectivity index (χ0n) is 7.08. The normalized spacial score (nSPS) is 11.8. The first kappa shape index (κ1) is 11.0. The number of hydrogen-bond donors (Lipinski definition) is 1. The van der Waals surface area contributed by atoms with Crippen LogP contribution in [0.15, 0.2) is 12.1 Å². The molecule has 74 valence electrons. The number of thiophene rings is 1. The maximum absolute atomic E-state index is 11.3. The average molecular weight is 240 g/mol. The summed E-state index contributed by atoms with van der Waals surface area (Å²) in [6.45, 7) is 2.17. The van der Waals surface area contributed by atoms with Gasteiger partial charge in [-0.1, -0.05) is 18.5 Å². The van der Waals surface area contributed by atoms with E-state index in [4.69, 9.17) is 11.6 Å². The lowest BCUT2D eigenvalue weighted by atomic mass is 10.5. The first-order valence-electron chi connectivity index (χ1n) is 3.75. The fourth-order valence-corrected chi connectivity index (χ4v) is 3.48. The number of nitrogens with one attached hydrogen (secondary N) is 1. The van der Waals surface area contributed by atoms with Crippen molar-refractivity contribution in [2.75, 3.05) is 6.54 Å². The third-order valence-electron chi connectivity index (χ3n) is 1.33. The lowest BCUT2D eigenvalue weighted by Gasteiger charge is -2.01. The number of halogens is 1. The van der Waals surface area contributed by atoms with Gasteiger partial charge in [-0.25, -0.2) is 13.1 Å². The molecule has 0 atom stereocenters. The lowest BCUT2D eigenvalue weighted by Crippen LogP contribution is -2.24. The van der Waals surface area contributed by atoms with Crippen LogP contribution in [-0.2, 0) is 15.8 Å². The van der Waals surface area contributed by atoms with Gasteiger partial charge in [-0.15, -0.1) is 11.3 Å². The molecule has 0 radical (unpaired) electrons. The Labute approximate surface area is 86.8 Å². The van der Waals surface area contributed by atoms with E-state index in [0.29, 0.717) is 10.9 Å². The Morgan fingerprint density at radius 1 is 1.54 bits per heavy atom. The van der Waals surface area contributed by atoms with Gasteiger partial charge in [0.2, 0.25) is 10.0 Å². The van der Waals surface area contributed by atoms with Crippen LogP contribution < -0.4 is 4.72 Å². The fraction of sp³-hybridized carbons (Fsp3) is 0.429. The minimum atomic E-state index is -3.17. The summed E-state index contributed by atoms with van der Waals surface area (Å²) in [4.78, 5) is 0.756. The SMILES string of the molecule is CCNS(=O)(=O)Cc1ccc(Cl)s1. The molecule has 6 heteroatoms. The van der Waals surface area contributed by atoms with E-state index in [9.17, 15) is 8.42 Å². The molecule has 0 saturated carbocycles. The molecule has 13 heavy (non-hydrogen) atoms. The van der Waals surface area contributed by atoms with Crippen molar-refractivity contribution in [1.29, 1.82) is 0 Å². The highest BCUT2D eigenvalue weighted by Crippen LogP contribution is 2.22. The average Bonchev–Trinajstić information content (AvgIpc) is 2.34. The molecular formula is C7H10ClNO2S2. The quantitative estimate of drug-likeness (QED) is 0.872. The topological polar surface area (TPSA) is 46.2 Å². The number of sulfonamides is 1. The molecule has 0 unspecified atom stereocenters. The summed E-state index contributed by atoms with van der Waals surface area (Å²) < 4.78 is 25.6. The Kier molecular flexibility index (Phi) is 3.73. The van der Waals surface area contributed by atoms with Gasteiger partial charge < -0.3 is 0 Å². The Balaban J connectivity index is 2.69. The van der Waals surface area contributed by atoms with Gasteiger partial charge in [0, 0.05) is 11.4 Å². The van der Waals surface area contributed by atoms with Crippen molar-refractivity contribution in [2.24, 2.45) is 0 Å². The van der Waals surface area contributed by atoms with Crippen LogP contribution in [0.3, 0.4) is 0 Å². The van der Waals surface area contributed by atoms with Crippen LogP contribution in [0.2, 0.25) is 4.34 Å². The third kappa shape index (κ3) is 3.64. The monoisotopic (exact) mass is 239 g/mol. The van der Waals surface area contributed by atoms with E-state index < -0.39 is 10.0 Å². The second kappa shape index (κ2) is 4.41. The Morgan fingerprint density at radius 2 is 2.23 bits per heavy atom. The summed E-state index contributed by atoms with van der Waals surface area (Å²) in [5.74, 6) is 0.0121. The van der Waals surface area contributed by atoms with E-state index in [1.807, 2.05) is 0 Å². The maximum atomic E-state index is 11.3. The van der Waals surface area contributed by atoms with E-state index in [-0.39, 0.29) is 5.75 Å². The highest BCUT2D eigenvalue weighted by molar-refractivity contribution is 7.88. The van der Waals surface area contributed by atoms with Gasteiger partial charge in [0.05, 0.1) is 10.1 Å². The predicted molar refractivity (Wildman–Crippen MR) is 55.6 cm³/mol. The van der Waals surface area contributed by atoms with E-state index in [2.05, 4.69) is 4.72 Å². The zero-order chi connectivity index (χ0) is 9.90. The van der Waals surface area contributed by atoms with E-state index in [1.165, 1.54) is 11.3 Å². The third-order valence-corrected chi connectivity index (χ3v) is 4.16. The van der Waals surface area contributed by atoms with Crippen LogP contribution in [0.4, 0.5) is 0 Å². The van der Waals surface area contributed by atoms with E-state index in [1.54, 1.807) is 19.1 Å². The molecular weight excluding hydrogens is 230 g/mol. The summed E-state index contributed by atoms with van der Waals surface area (Å²) in [5.41, 5.74) is 0. The molecule has 1 heterocycles. The van der Waals surface area contributed by atoms with Gasteiger partial charge in [-0.05, 0) is 12.1 Å². The van der Waals surface area contributed by atoms with Crippen LogP contribution in [-0.4, -0.2) is 15.0 Å². The molecule has 0 aliphatic rings. The van der Waals surface area contributed by atoms with Crippen molar-refractivity contribution in [3.05, 3.63) is 21.3 Å². The summed E-state index contributed by atoms with van der Waals surface area (Å²) in [5, 5.41) is 0. The van der Waals surface area contributed by atoms with Crippen LogP contribution in [0, 0.1) is 0 Å². The predicted octanol–water partition coefficient (Wildman–Crippen LogP) is 1.84. The van der Waals surface area contributed by atoms with Gasteiger partial charge in [-0.2, -0.15) is 0 Å². The lowest BCUT2D eigenvalue weighted by molar-refractivity contribution is 0.583. The van der Waals surface area contributed by atoms with Crippen molar-refractivity contribution < 1.29 is 8.42 Å². The Hall–Kier alpha value is -0.100. The van der Waals surface area contributed by atoms with Crippen molar-refractivity contribution in [2.45, 2.75) is 12.7 Å². The van der Waals surface area contributed by atoms with Crippen molar-refractivity contribution in [1.82, 2.24) is 4.72 Å². The molecule has 0 amide bonds. The minimum Gasteiger partial charge on any atom is -0.215 e. The first-order valence-corrected chi connectivity index (χ1v) is 6.59. The molecule has 0 aromatic carbocycles. The highest BCUT2D eigenvalue weighted by atomic mass is 35.5. The van der Waals surface area contributed by atoms with E-state index >= 15 is 0 Å². The molecule has 0 aliphatic heterocycles. The summed E-state index contributed by atoms with van der Waals surface area (Å²) in [6.07, 6.45) is 0. The maximum Gasteiger partial charge on any atom is 0.216 e. The summed E-state index contributed by atoms with van der Waals surface area (Å²) in [7, 11) is -3.17. The molecule has 1 N–H and O–H groups in total. The van der Waals surface area contributed by atoms with Crippen LogP contribution >= 0.6 is 22.9 Å². The molecule has 1 aromatic heterocycles. The fourth-order valence-electron chi connectivity index (χ4n) is 0.888. The molecule has 3 nitrogen and oxygen atoms in total. The van der Waals surface area contributed by atoms with Crippen LogP contribution in [0.1, 0.15) is 11.8 Å². The molecule has 0 fully saturated rings. The Bertz CT molecular complexity index is 372. The zero-order valence-corrected chi connectivity index (χ0v) is 9.47. The standard InChI is InChI=1S/C7H10ClNO2S2/c1-2-9-13(10,11)5-6-3-4-7(8)12-6/h3-4,9H,2,5H2,1H3. The Morgan fingerprint density at radius 3 is 2.69 bits per heavy atom. The van der Waals surface area contributed by atoms with Crippen molar-refractivity contribution in [3.8, 4) is 0 Å². The first-order chi connectivity index (χ1) is 6.03. The van der Waals surface area contributed by atoms with Crippen molar-refractivity contribution >= 4 is 33.0 Å². The van der Waals surface area contributed by atoms with Gasteiger partial charge in [-0.3, -0.25) is 0 Å². The molecule has 0 saturated heterocycles. The molecule has 1 aromatic rings. The molecule has 0 aliphatic carbocycles. The largest absolute Gasteiger partial charge is 0.216 e. The summed E-state index contributed by atoms with van der Waals surface area (Å²) in [6, 6.07) is 3.42. The molecule has 0 spiro atoms. The van der Waals surface area contributed by atoms with Gasteiger partial charge >= 0.3 is 0 Å². The second-order valence-corrected chi connectivity index (χ2v) is 6.07.